The monoisotopic (exact) mass is 311 g/mol. The van der Waals surface area contributed by atoms with Crippen LogP contribution in [0.2, 0.25) is 0 Å². The molecule has 5 nitrogen and oxygen atoms in total. The van der Waals surface area contributed by atoms with E-state index in [1.807, 2.05) is 24.3 Å². The molecule has 1 amide bonds. The van der Waals surface area contributed by atoms with Crippen LogP contribution in [-0.4, -0.2) is 35.9 Å². The first kappa shape index (κ1) is 17.4. The highest BCUT2D eigenvalue weighted by Gasteiger charge is 2.22. The lowest BCUT2D eigenvalue weighted by Crippen LogP contribution is -2.44. The minimum absolute atomic E-state index is 0.138. The lowest BCUT2D eigenvalue weighted by atomic mass is 10.0. The third-order valence-corrected chi connectivity index (χ3v) is 3.92. The van der Waals surface area contributed by atoms with E-state index < -0.39 is 12.0 Å². The quantitative estimate of drug-likeness (QED) is 0.721. The lowest BCUT2D eigenvalue weighted by molar-refractivity contribution is -0.143. The van der Waals surface area contributed by atoms with Gasteiger partial charge in [-0.15, -0.1) is 11.8 Å². The predicted octanol–water partition coefficient (Wildman–Crippen LogP) is 2.40. The molecule has 1 unspecified atom stereocenters. The molecule has 0 saturated carbocycles. The molecule has 116 valence electrons. The summed E-state index contributed by atoms with van der Waals surface area (Å²) in [6.45, 7) is 3.54. The van der Waals surface area contributed by atoms with E-state index in [1.54, 1.807) is 32.7 Å². The molecule has 0 fully saturated rings. The summed E-state index contributed by atoms with van der Waals surface area (Å²) in [4.78, 5) is 23.8. The van der Waals surface area contributed by atoms with Gasteiger partial charge in [0, 0.05) is 17.1 Å². The third-order valence-electron chi connectivity index (χ3n) is 2.91. The average Bonchev–Trinajstić information content (AvgIpc) is 2.45. The minimum Gasteiger partial charge on any atom is -0.497 e. The number of thioether (sulfide) groups is 1. The van der Waals surface area contributed by atoms with Gasteiger partial charge < -0.3 is 15.2 Å². The molecule has 0 saturated heterocycles. The van der Waals surface area contributed by atoms with Crippen LogP contribution in [0.1, 0.15) is 20.3 Å². The smallest absolute Gasteiger partial charge is 0.326 e. The zero-order valence-electron chi connectivity index (χ0n) is 12.5. The average molecular weight is 311 g/mol. The molecule has 1 aromatic carbocycles. The zero-order chi connectivity index (χ0) is 15.8. The number of aliphatic carboxylic acids is 1. The van der Waals surface area contributed by atoms with Gasteiger partial charge in [0.15, 0.2) is 0 Å². The number of carbonyl (C=O) groups is 2. The van der Waals surface area contributed by atoms with Gasteiger partial charge in [0.1, 0.15) is 11.8 Å². The van der Waals surface area contributed by atoms with Gasteiger partial charge in [0.25, 0.3) is 0 Å². The maximum atomic E-state index is 11.7. The molecule has 2 N–H and O–H groups in total. The number of benzene rings is 1. The molecule has 0 aliphatic carbocycles. The van der Waals surface area contributed by atoms with Gasteiger partial charge in [-0.1, -0.05) is 13.8 Å². The maximum absolute atomic E-state index is 11.7. The number of rotatable bonds is 8. The van der Waals surface area contributed by atoms with E-state index in [4.69, 9.17) is 9.84 Å². The van der Waals surface area contributed by atoms with Gasteiger partial charge in [-0.25, -0.2) is 4.79 Å². The van der Waals surface area contributed by atoms with Gasteiger partial charge in [-0.3, -0.25) is 4.79 Å². The van der Waals surface area contributed by atoms with Crippen molar-refractivity contribution in [3.8, 4) is 5.75 Å². The second-order valence-electron chi connectivity index (χ2n) is 4.90. The highest BCUT2D eigenvalue weighted by atomic mass is 32.2. The van der Waals surface area contributed by atoms with E-state index in [0.29, 0.717) is 5.75 Å². The Hall–Kier alpha value is -1.69. The van der Waals surface area contributed by atoms with Gasteiger partial charge >= 0.3 is 5.97 Å². The van der Waals surface area contributed by atoms with Crippen LogP contribution < -0.4 is 10.1 Å². The van der Waals surface area contributed by atoms with Gasteiger partial charge in [0.05, 0.1) is 7.11 Å². The summed E-state index contributed by atoms with van der Waals surface area (Å²) >= 11 is 1.55. The Kier molecular flexibility index (Phi) is 7.08. The topological polar surface area (TPSA) is 75.6 Å². The summed E-state index contributed by atoms with van der Waals surface area (Å²) < 4.78 is 5.07. The van der Waals surface area contributed by atoms with Gasteiger partial charge in [0.2, 0.25) is 5.91 Å². The largest absolute Gasteiger partial charge is 0.497 e. The van der Waals surface area contributed by atoms with E-state index >= 15 is 0 Å². The Balaban J connectivity index is 2.37. The lowest BCUT2D eigenvalue weighted by Gasteiger charge is -2.17. The van der Waals surface area contributed by atoms with E-state index in [2.05, 4.69) is 5.32 Å². The van der Waals surface area contributed by atoms with Crippen molar-refractivity contribution in [1.29, 1.82) is 0 Å². The van der Waals surface area contributed by atoms with Crippen molar-refractivity contribution in [2.75, 3.05) is 12.9 Å². The van der Waals surface area contributed by atoms with Crippen LogP contribution in [0.5, 0.6) is 5.75 Å². The molecule has 1 rings (SSSR count). The molecule has 0 aliphatic rings. The highest BCUT2D eigenvalue weighted by Crippen LogP contribution is 2.21. The molecule has 0 radical (unpaired) electrons. The minimum atomic E-state index is -0.999. The first-order valence-electron chi connectivity index (χ1n) is 6.73. The Labute approximate surface area is 129 Å². The second-order valence-corrected chi connectivity index (χ2v) is 6.07. The number of amides is 1. The summed E-state index contributed by atoms with van der Waals surface area (Å²) in [5, 5.41) is 11.6. The molecular formula is C15H21NO4S. The summed E-state index contributed by atoms with van der Waals surface area (Å²) in [7, 11) is 1.61. The van der Waals surface area contributed by atoms with E-state index in [0.717, 1.165) is 10.6 Å². The van der Waals surface area contributed by atoms with Crippen LogP contribution in [0, 0.1) is 5.92 Å². The molecule has 0 bridgehead atoms. The number of carbonyl (C=O) groups excluding carboxylic acids is 1. The van der Waals surface area contributed by atoms with E-state index in [1.165, 1.54) is 0 Å². The van der Waals surface area contributed by atoms with Crippen LogP contribution in [0.25, 0.3) is 0 Å². The molecule has 0 aromatic heterocycles. The predicted molar refractivity (Wildman–Crippen MR) is 82.7 cm³/mol. The van der Waals surface area contributed by atoms with Crippen molar-refractivity contribution in [2.45, 2.75) is 31.2 Å². The molecule has 21 heavy (non-hydrogen) atoms. The molecule has 1 atom stereocenters. The number of methoxy groups -OCH3 is 1. The number of ether oxygens (including phenoxy) is 1. The fourth-order valence-electron chi connectivity index (χ4n) is 1.69. The van der Waals surface area contributed by atoms with Gasteiger partial charge in [-0.2, -0.15) is 0 Å². The summed E-state index contributed by atoms with van der Waals surface area (Å²) in [5.74, 6) is 0.0140. The van der Waals surface area contributed by atoms with E-state index in [9.17, 15) is 9.59 Å². The van der Waals surface area contributed by atoms with Crippen molar-refractivity contribution < 1.29 is 19.4 Å². The Bertz CT molecular complexity index is 473. The SMILES string of the molecule is COc1ccc(SCCC(=O)NC(C(=O)O)C(C)C)cc1. The summed E-state index contributed by atoms with van der Waals surface area (Å²) in [5.41, 5.74) is 0. The van der Waals surface area contributed by atoms with Crippen LogP contribution in [0.3, 0.4) is 0 Å². The van der Waals surface area contributed by atoms with Crippen LogP contribution in [-0.2, 0) is 9.59 Å². The molecule has 6 heteroatoms. The van der Waals surface area contributed by atoms with Crippen molar-refractivity contribution >= 4 is 23.6 Å². The van der Waals surface area contributed by atoms with Crippen LogP contribution >= 0.6 is 11.8 Å². The fourth-order valence-corrected chi connectivity index (χ4v) is 2.54. The molecular weight excluding hydrogens is 290 g/mol. The fraction of sp³-hybridized carbons (Fsp3) is 0.467. The number of carboxylic acids is 1. The summed E-state index contributed by atoms with van der Waals surface area (Å²) in [6, 6.07) is 6.75. The first-order chi connectivity index (χ1) is 9.93. The zero-order valence-corrected chi connectivity index (χ0v) is 13.3. The van der Waals surface area contributed by atoms with E-state index in [-0.39, 0.29) is 18.2 Å². The van der Waals surface area contributed by atoms with Crippen molar-refractivity contribution in [1.82, 2.24) is 5.32 Å². The van der Waals surface area contributed by atoms with Crippen LogP contribution in [0.15, 0.2) is 29.2 Å². The molecule has 0 aliphatic heterocycles. The van der Waals surface area contributed by atoms with Crippen molar-refractivity contribution in [3.05, 3.63) is 24.3 Å². The van der Waals surface area contributed by atoms with Crippen molar-refractivity contribution in [3.63, 3.8) is 0 Å². The number of carboxylic acid groups (broad SMARTS) is 1. The maximum Gasteiger partial charge on any atom is 0.326 e. The standard InChI is InChI=1S/C15H21NO4S/c1-10(2)14(15(18)19)16-13(17)8-9-21-12-6-4-11(20-3)5-7-12/h4-7,10,14H,8-9H2,1-3H3,(H,16,17)(H,18,19). The first-order valence-corrected chi connectivity index (χ1v) is 7.71. The molecule has 0 heterocycles. The van der Waals surface area contributed by atoms with Crippen molar-refractivity contribution in [2.24, 2.45) is 5.92 Å². The molecule has 0 spiro atoms. The highest BCUT2D eigenvalue weighted by molar-refractivity contribution is 7.99. The molecule has 1 aromatic rings. The third kappa shape index (κ3) is 6.08. The van der Waals surface area contributed by atoms with Crippen LogP contribution in [0.4, 0.5) is 0 Å². The number of nitrogens with one attached hydrogen (secondary N) is 1. The Morgan fingerprint density at radius 3 is 2.38 bits per heavy atom. The Morgan fingerprint density at radius 2 is 1.90 bits per heavy atom. The van der Waals surface area contributed by atoms with Gasteiger partial charge in [-0.05, 0) is 30.2 Å². The summed E-state index contributed by atoms with van der Waals surface area (Å²) in [6.07, 6.45) is 0.285. The number of hydrogen-bond acceptors (Lipinski definition) is 4. The second kappa shape index (κ2) is 8.56. The normalized spacial score (nSPS) is 12.0. The number of hydrogen-bond donors (Lipinski definition) is 2. The Morgan fingerprint density at radius 1 is 1.29 bits per heavy atom.